The molecule has 22 heavy (non-hydrogen) atoms. The van der Waals surface area contributed by atoms with Crippen LogP contribution >= 0.6 is 0 Å². The number of aromatic nitrogens is 2. The van der Waals surface area contributed by atoms with Gasteiger partial charge in [0.15, 0.2) is 0 Å². The van der Waals surface area contributed by atoms with Gasteiger partial charge in [0.2, 0.25) is 0 Å². The van der Waals surface area contributed by atoms with Gasteiger partial charge in [0.05, 0.1) is 24.9 Å². The van der Waals surface area contributed by atoms with Gasteiger partial charge in [-0.3, -0.25) is 10.00 Å². The van der Waals surface area contributed by atoms with E-state index in [1.54, 1.807) is 6.20 Å². The molecular weight excluding hydrogens is 274 g/mol. The summed E-state index contributed by atoms with van der Waals surface area (Å²) >= 11 is 0. The first kappa shape index (κ1) is 13.5. The quantitative estimate of drug-likeness (QED) is 0.806. The topological polar surface area (TPSA) is 41.1 Å². The van der Waals surface area contributed by atoms with Crippen LogP contribution in [0.25, 0.3) is 10.8 Å². The molecule has 0 saturated carbocycles. The molecule has 1 unspecified atom stereocenters. The molecule has 0 spiro atoms. The molecule has 2 heterocycles. The van der Waals surface area contributed by atoms with Crippen molar-refractivity contribution >= 4 is 10.8 Å². The zero-order chi connectivity index (χ0) is 14.8. The number of benzene rings is 2. The Morgan fingerprint density at radius 2 is 2.05 bits per heavy atom. The lowest BCUT2D eigenvalue weighted by atomic mass is 10.1. The maximum atomic E-state index is 5.65. The lowest BCUT2D eigenvalue weighted by Crippen LogP contribution is -2.39. The van der Waals surface area contributed by atoms with Gasteiger partial charge in [-0.2, -0.15) is 5.10 Å². The van der Waals surface area contributed by atoms with Crippen molar-refractivity contribution in [3.05, 3.63) is 66.0 Å². The molecule has 1 fully saturated rings. The fourth-order valence-corrected chi connectivity index (χ4v) is 3.14. The van der Waals surface area contributed by atoms with Crippen molar-refractivity contribution in [2.24, 2.45) is 0 Å². The average molecular weight is 293 g/mol. The predicted molar refractivity (Wildman–Crippen MR) is 86.5 cm³/mol. The van der Waals surface area contributed by atoms with Crippen LogP contribution in [0.1, 0.15) is 17.3 Å². The number of H-pyrrole nitrogens is 1. The first-order chi connectivity index (χ1) is 10.9. The molecule has 4 heteroatoms. The molecular formula is C18H19N3O. The summed E-state index contributed by atoms with van der Waals surface area (Å²) in [7, 11) is 0. The van der Waals surface area contributed by atoms with E-state index in [0.717, 1.165) is 32.0 Å². The molecule has 1 aliphatic rings. The van der Waals surface area contributed by atoms with Crippen LogP contribution in [-0.4, -0.2) is 34.9 Å². The summed E-state index contributed by atoms with van der Waals surface area (Å²) in [6, 6.07) is 17.5. The number of rotatable bonds is 3. The van der Waals surface area contributed by atoms with E-state index in [9.17, 15) is 0 Å². The van der Waals surface area contributed by atoms with Gasteiger partial charge in [0.25, 0.3) is 0 Å². The number of morpholine rings is 1. The van der Waals surface area contributed by atoms with Gasteiger partial charge in [-0.25, -0.2) is 0 Å². The fourth-order valence-electron chi connectivity index (χ4n) is 3.14. The van der Waals surface area contributed by atoms with Gasteiger partial charge < -0.3 is 4.74 Å². The molecule has 0 bridgehead atoms. The number of hydrogen-bond donors (Lipinski definition) is 1. The molecule has 1 atom stereocenters. The SMILES string of the molecule is c1ccc2cc(CN3CCOCC3c3ccn[nH]3)ccc2c1. The highest BCUT2D eigenvalue weighted by molar-refractivity contribution is 5.82. The fraction of sp³-hybridized carbons (Fsp3) is 0.278. The van der Waals surface area contributed by atoms with E-state index in [2.05, 4.69) is 57.6 Å². The third kappa shape index (κ3) is 2.63. The van der Waals surface area contributed by atoms with E-state index in [4.69, 9.17) is 4.74 Å². The summed E-state index contributed by atoms with van der Waals surface area (Å²) < 4.78 is 5.65. The Bertz CT molecular complexity index is 754. The first-order valence-electron chi connectivity index (χ1n) is 7.69. The molecule has 4 rings (SSSR count). The van der Waals surface area contributed by atoms with E-state index >= 15 is 0 Å². The Morgan fingerprint density at radius 3 is 2.91 bits per heavy atom. The molecule has 1 aliphatic heterocycles. The maximum Gasteiger partial charge on any atom is 0.0755 e. The first-order valence-corrected chi connectivity index (χ1v) is 7.69. The minimum absolute atomic E-state index is 0.253. The third-order valence-electron chi connectivity index (χ3n) is 4.32. The molecule has 1 saturated heterocycles. The number of ether oxygens (including phenoxy) is 1. The van der Waals surface area contributed by atoms with Crippen LogP contribution < -0.4 is 0 Å². The second-order valence-corrected chi connectivity index (χ2v) is 5.75. The van der Waals surface area contributed by atoms with Crippen LogP contribution in [0.3, 0.4) is 0 Å². The molecule has 1 aromatic heterocycles. The van der Waals surface area contributed by atoms with E-state index in [0.29, 0.717) is 0 Å². The molecule has 3 aromatic rings. The van der Waals surface area contributed by atoms with Gasteiger partial charge in [-0.05, 0) is 28.5 Å². The molecule has 0 aliphatic carbocycles. The van der Waals surface area contributed by atoms with Crippen molar-refractivity contribution in [3.8, 4) is 0 Å². The smallest absolute Gasteiger partial charge is 0.0755 e. The highest BCUT2D eigenvalue weighted by Gasteiger charge is 2.25. The van der Waals surface area contributed by atoms with Crippen LogP contribution in [-0.2, 0) is 11.3 Å². The number of hydrogen-bond acceptors (Lipinski definition) is 3. The van der Waals surface area contributed by atoms with E-state index < -0.39 is 0 Å². The highest BCUT2D eigenvalue weighted by atomic mass is 16.5. The van der Waals surface area contributed by atoms with Gasteiger partial charge in [-0.1, -0.05) is 36.4 Å². The van der Waals surface area contributed by atoms with Gasteiger partial charge >= 0.3 is 0 Å². The van der Waals surface area contributed by atoms with Crippen LogP contribution in [0, 0.1) is 0 Å². The summed E-state index contributed by atoms with van der Waals surface area (Å²) in [6.45, 7) is 3.38. The van der Waals surface area contributed by atoms with E-state index in [1.807, 2.05) is 6.07 Å². The Hall–Kier alpha value is -2.17. The minimum atomic E-state index is 0.253. The average Bonchev–Trinajstić information content (AvgIpc) is 3.10. The van der Waals surface area contributed by atoms with Crippen molar-refractivity contribution in [1.29, 1.82) is 0 Å². The monoisotopic (exact) mass is 293 g/mol. The largest absolute Gasteiger partial charge is 0.378 e. The second kappa shape index (κ2) is 5.91. The van der Waals surface area contributed by atoms with Gasteiger partial charge in [0, 0.05) is 19.3 Å². The molecule has 112 valence electrons. The van der Waals surface area contributed by atoms with E-state index in [1.165, 1.54) is 16.3 Å². The van der Waals surface area contributed by atoms with Crippen molar-refractivity contribution in [2.45, 2.75) is 12.6 Å². The molecule has 4 nitrogen and oxygen atoms in total. The van der Waals surface area contributed by atoms with Crippen LogP contribution in [0.5, 0.6) is 0 Å². The summed E-state index contributed by atoms with van der Waals surface area (Å²) in [5, 5.41) is 9.74. The zero-order valence-corrected chi connectivity index (χ0v) is 12.4. The maximum absolute atomic E-state index is 5.65. The van der Waals surface area contributed by atoms with Crippen molar-refractivity contribution in [1.82, 2.24) is 15.1 Å². The number of aromatic amines is 1. The van der Waals surface area contributed by atoms with Crippen molar-refractivity contribution in [2.75, 3.05) is 19.8 Å². The van der Waals surface area contributed by atoms with Crippen molar-refractivity contribution < 1.29 is 4.74 Å². The minimum Gasteiger partial charge on any atom is -0.378 e. The molecule has 2 aromatic carbocycles. The number of nitrogens with one attached hydrogen (secondary N) is 1. The summed E-state index contributed by atoms with van der Waals surface area (Å²) in [5.74, 6) is 0. The lowest BCUT2D eigenvalue weighted by molar-refractivity contribution is -0.0142. The van der Waals surface area contributed by atoms with Gasteiger partial charge in [-0.15, -0.1) is 0 Å². The predicted octanol–water partition coefficient (Wildman–Crippen LogP) is 3.14. The summed E-state index contributed by atoms with van der Waals surface area (Å²) in [6.07, 6.45) is 1.80. The van der Waals surface area contributed by atoms with Gasteiger partial charge in [0.1, 0.15) is 0 Å². The van der Waals surface area contributed by atoms with Crippen LogP contribution in [0.15, 0.2) is 54.7 Å². The van der Waals surface area contributed by atoms with Crippen LogP contribution in [0.2, 0.25) is 0 Å². The zero-order valence-electron chi connectivity index (χ0n) is 12.4. The lowest BCUT2D eigenvalue weighted by Gasteiger charge is -2.34. The Morgan fingerprint density at radius 1 is 1.14 bits per heavy atom. The molecule has 0 amide bonds. The standard InChI is InChI=1S/C18H19N3O/c1-2-4-16-11-14(5-6-15(16)3-1)12-21-9-10-22-13-18(21)17-7-8-19-20-17/h1-8,11,18H,9-10,12-13H2,(H,19,20). The Balaban J connectivity index is 1.59. The second-order valence-electron chi connectivity index (χ2n) is 5.75. The highest BCUT2D eigenvalue weighted by Crippen LogP contribution is 2.25. The Kier molecular flexibility index (Phi) is 3.62. The normalized spacial score (nSPS) is 19.5. The van der Waals surface area contributed by atoms with Crippen LogP contribution in [0.4, 0.5) is 0 Å². The third-order valence-corrected chi connectivity index (χ3v) is 4.32. The molecule has 1 N–H and O–H groups in total. The summed E-state index contributed by atoms with van der Waals surface area (Å²) in [5.41, 5.74) is 2.46. The van der Waals surface area contributed by atoms with Crippen molar-refractivity contribution in [3.63, 3.8) is 0 Å². The Labute approximate surface area is 129 Å². The number of nitrogens with zero attached hydrogens (tertiary/aromatic N) is 2. The van der Waals surface area contributed by atoms with E-state index in [-0.39, 0.29) is 6.04 Å². The number of fused-ring (bicyclic) bond motifs is 1. The molecule has 0 radical (unpaired) electrons. The summed E-state index contributed by atoms with van der Waals surface area (Å²) in [4.78, 5) is 2.46.